The summed E-state index contributed by atoms with van der Waals surface area (Å²) in [5.41, 5.74) is 0.578. The van der Waals surface area contributed by atoms with Crippen LogP contribution in [0.2, 0.25) is 0 Å². The second-order valence-corrected chi connectivity index (χ2v) is 6.03. The van der Waals surface area contributed by atoms with E-state index in [9.17, 15) is 9.90 Å². The van der Waals surface area contributed by atoms with E-state index in [0.29, 0.717) is 6.61 Å². The Hall–Kier alpha value is -1.87. The molecular formula is C17H20O3. The Morgan fingerprint density at radius 2 is 1.80 bits per heavy atom. The first-order valence-corrected chi connectivity index (χ1v) is 6.70. The Kier molecular flexibility index (Phi) is 4.09. The van der Waals surface area contributed by atoms with Gasteiger partial charge in [-0.05, 0) is 21.8 Å². The number of aliphatic carboxylic acids is 1. The number of carboxylic acid groups (broad SMARTS) is 1. The third kappa shape index (κ3) is 3.17. The number of fused-ring (bicyclic) bond motifs is 1. The van der Waals surface area contributed by atoms with Crippen molar-refractivity contribution < 1.29 is 14.6 Å². The van der Waals surface area contributed by atoms with Gasteiger partial charge in [-0.2, -0.15) is 0 Å². The lowest BCUT2D eigenvalue weighted by atomic mass is 9.89. The highest BCUT2D eigenvalue weighted by atomic mass is 16.5. The predicted molar refractivity (Wildman–Crippen MR) is 79.6 cm³/mol. The topological polar surface area (TPSA) is 46.5 Å². The van der Waals surface area contributed by atoms with E-state index in [1.165, 1.54) is 0 Å². The Morgan fingerprint density at radius 3 is 2.45 bits per heavy atom. The summed E-state index contributed by atoms with van der Waals surface area (Å²) in [5.74, 6) is -0.919. The summed E-state index contributed by atoms with van der Waals surface area (Å²) in [6.45, 7) is 5.91. The number of hydrogen-bond acceptors (Lipinski definition) is 2. The van der Waals surface area contributed by atoms with Crippen LogP contribution >= 0.6 is 0 Å². The van der Waals surface area contributed by atoms with Crippen LogP contribution in [0.1, 0.15) is 26.3 Å². The first kappa shape index (κ1) is 14.5. The van der Waals surface area contributed by atoms with Crippen molar-refractivity contribution in [3.8, 4) is 0 Å². The van der Waals surface area contributed by atoms with Crippen LogP contribution in [-0.4, -0.2) is 17.2 Å². The molecule has 0 aliphatic heterocycles. The standard InChI is InChI=1S/C17H20O3/c1-17(2,3)15(16(18)19)20-11-13-9-6-8-12-7-4-5-10-14(12)13/h4-10,15H,11H2,1-3H3,(H,18,19)/t15-/m1/s1. The molecule has 106 valence electrons. The van der Waals surface area contributed by atoms with Gasteiger partial charge in [-0.3, -0.25) is 0 Å². The summed E-state index contributed by atoms with van der Waals surface area (Å²) in [6, 6.07) is 14.0. The molecule has 1 atom stereocenters. The van der Waals surface area contributed by atoms with Crippen molar-refractivity contribution in [3.63, 3.8) is 0 Å². The van der Waals surface area contributed by atoms with Gasteiger partial charge in [-0.15, -0.1) is 0 Å². The maximum absolute atomic E-state index is 11.3. The van der Waals surface area contributed by atoms with Crippen LogP contribution in [0, 0.1) is 5.41 Å². The smallest absolute Gasteiger partial charge is 0.333 e. The average molecular weight is 272 g/mol. The molecule has 0 bridgehead atoms. The number of rotatable bonds is 4. The van der Waals surface area contributed by atoms with Crippen molar-refractivity contribution in [3.05, 3.63) is 48.0 Å². The molecule has 0 saturated heterocycles. The number of carbonyl (C=O) groups is 1. The first-order valence-electron chi connectivity index (χ1n) is 6.70. The largest absolute Gasteiger partial charge is 0.479 e. The lowest BCUT2D eigenvalue weighted by molar-refractivity contribution is -0.159. The van der Waals surface area contributed by atoms with Gasteiger partial charge in [0.2, 0.25) is 0 Å². The third-order valence-electron chi connectivity index (χ3n) is 3.30. The quantitative estimate of drug-likeness (QED) is 0.919. The molecule has 0 aliphatic carbocycles. The van der Waals surface area contributed by atoms with Gasteiger partial charge >= 0.3 is 5.97 Å². The Morgan fingerprint density at radius 1 is 1.15 bits per heavy atom. The van der Waals surface area contributed by atoms with Gasteiger partial charge in [0, 0.05) is 0 Å². The second kappa shape index (κ2) is 5.63. The van der Waals surface area contributed by atoms with E-state index < -0.39 is 17.5 Å². The van der Waals surface area contributed by atoms with Gasteiger partial charge in [0.1, 0.15) is 0 Å². The third-order valence-corrected chi connectivity index (χ3v) is 3.30. The van der Waals surface area contributed by atoms with E-state index in [0.717, 1.165) is 16.3 Å². The van der Waals surface area contributed by atoms with Crippen molar-refractivity contribution in [2.24, 2.45) is 5.41 Å². The molecule has 0 unspecified atom stereocenters. The van der Waals surface area contributed by atoms with Crippen molar-refractivity contribution in [2.45, 2.75) is 33.5 Å². The van der Waals surface area contributed by atoms with E-state index in [-0.39, 0.29) is 0 Å². The Balaban J connectivity index is 2.22. The molecule has 0 amide bonds. The minimum atomic E-state index is -0.919. The van der Waals surface area contributed by atoms with Crippen LogP contribution in [0.4, 0.5) is 0 Å². The average Bonchev–Trinajstić information content (AvgIpc) is 2.37. The molecule has 0 radical (unpaired) electrons. The summed E-state index contributed by atoms with van der Waals surface area (Å²) in [5, 5.41) is 11.5. The molecule has 0 aromatic heterocycles. The van der Waals surface area contributed by atoms with Crippen molar-refractivity contribution in [1.29, 1.82) is 0 Å². The molecule has 0 saturated carbocycles. The zero-order valence-electron chi connectivity index (χ0n) is 12.1. The van der Waals surface area contributed by atoms with Crippen LogP contribution < -0.4 is 0 Å². The molecule has 20 heavy (non-hydrogen) atoms. The molecule has 3 heteroatoms. The molecule has 3 nitrogen and oxygen atoms in total. The molecule has 0 fully saturated rings. The van der Waals surface area contributed by atoms with Crippen LogP contribution in [0.3, 0.4) is 0 Å². The normalized spacial score (nSPS) is 13.3. The Labute approximate surface area is 119 Å². The van der Waals surface area contributed by atoms with Gasteiger partial charge in [0.05, 0.1) is 6.61 Å². The fourth-order valence-electron chi connectivity index (χ4n) is 2.28. The van der Waals surface area contributed by atoms with Gasteiger partial charge in [0.15, 0.2) is 6.10 Å². The fraction of sp³-hybridized carbons (Fsp3) is 0.353. The number of carboxylic acids is 1. The molecule has 2 rings (SSSR count). The second-order valence-electron chi connectivity index (χ2n) is 6.03. The summed E-state index contributed by atoms with van der Waals surface area (Å²) >= 11 is 0. The van der Waals surface area contributed by atoms with Crippen molar-refractivity contribution in [1.82, 2.24) is 0 Å². The monoisotopic (exact) mass is 272 g/mol. The lowest BCUT2D eigenvalue weighted by Crippen LogP contribution is -2.36. The molecule has 0 spiro atoms. The zero-order chi connectivity index (χ0) is 14.8. The maximum Gasteiger partial charge on any atom is 0.333 e. The number of ether oxygens (including phenoxy) is 1. The summed E-state index contributed by atoms with van der Waals surface area (Å²) in [7, 11) is 0. The van der Waals surface area contributed by atoms with Gasteiger partial charge in [0.25, 0.3) is 0 Å². The highest BCUT2D eigenvalue weighted by molar-refractivity contribution is 5.85. The molecule has 1 N–H and O–H groups in total. The maximum atomic E-state index is 11.3. The molecule has 0 aliphatic rings. The fourth-order valence-corrected chi connectivity index (χ4v) is 2.28. The van der Waals surface area contributed by atoms with Crippen molar-refractivity contribution in [2.75, 3.05) is 0 Å². The minimum absolute atomic E-state index is 0.301. The first-order chi connectivity index (χ1) is 9.39. The molecule has 2 aromatic carbocycles. The van der Waals surface area contributed by atoms with E-state index >= 15 is 0 Å². The minimum Gasteiger partial charge on any atom is -0.479 e. The van der Waals surface area contributed by atoms with Crippen LogP contribution in [-0.2, 0) is 16.1 Å². The summed E-state index contributed by atoms with van der Waals surface area (Å²) in [4.78, 5) is 11.3. The van der Waals surface area contributed by atoms with Crippen LogP contribution in [0.15, 0.2) is 42.5 Å². The summed E-state index contributed by atoms with van der Waals surface area (Å²) in [6.07, 6.45) is -0.818. The van der Waals surface area contributed by atoms with Gasteiger partial charge < -0.3 is 9.84 Å². The van der Waals surface area contributed by atoms with Crippen LogP contribution in [0.25, 0.3) is 10.8 Å². The van der Waals surface area contributed by atoms with Gasteiger partial charge in [-0.1, -0.05) is 63.2 Å². The van der Waals surface area contributed by atoms with E-state index in [2.05, 4.69) is 0 Å². The zero-order valence-corrected chi connectivity index (χ0v) is 12.1. The van der Waals surface area contributed by atoms with E-state index in [1.54, 1.807) is 0 Å². The van der Waals surface area contributed by atoms with Crippen LogP contribution in [0.5, 0.6) is 0 Å². The van der Waals surface area contributed by atoms with Gasteiger partial charge in [-0.25, -0.2) is 4.79 Å². The molecule has 0 heterocycles. The molecular weight excluding hydrogens is 252 g/mol. The lowest BCUT2D eigenvalue weighted by Gasteiger charge is -2.27. The number of benzene rings is 2. The highest BCUT2D eigenvalue weighted by Gasteiger charge is 2.32. The summed E-state index contributed by atoms with van der Waals surface area (Å²) < 4.78 is 5.66. The SMILES string of the molecule is CC(C)(C)[C@H](OCc1cccc2ccccc12)C(=O)O. The predicted octanol–water partition coefficient (Wildman–Crippen LogP) is 3.86. The van der Waals surface area contributed by atoms with E-state index in [4.69, 9.17) is 4.74 Å². The highest BCUT2D eigenvalue weighted by Crippen LogP contribution is 2.25. The number of hydrogen-bond donors (Lipinski definition) is 1. The Bertz CT molecular complexity index is 606. The van der Waals surface area contributed by atoms with Crippen molar-refractivity contribution >= 4 is 16.7 Å². The van der Waals surface area contributed by atoms with E-state index in [1.807, 2.05) is 63.2 Å². The molecule has 2 aromatic rings.